The Balaban J connectivity index is 1.25. The highest BCUT2D eigenvalue weighted by atomic mass is 16.5. The van der Waals surface area contributed by atoms with E-state index in [4.69, 9.17) is 4.74 Å². The number of nitrogens with one attached hydrogen (secondary N) is 1. The normalized spacial score (nSPS) is 14.5. The van der Waals surface area contributed by atoms with Crippen molar-refractivity contribution in [3.05, 3.63) is 95.1 Å². The van der Waals surface area contributed by atoms with E-state index in [-0.39, 0.29) is 5.91 Å². The highest BCUT2D eigenvalue weighted by Crippen LogP contribution is 2.28. The molecule has 0 radical (unpaired) electrons. The van der Waals surface area contributed by atoms with E-state index >= 15 is 0 Å². The summed E-state index contributed by atoms with van der Waals surface area (Å²) < 4.78 is 5.51. The monoisotopic (exact) mass is 470 g/mol. The van der Waals surface area contributed by atoms with Gasteiger partial charge in [0.1, 0.15) is 5.75 Å². The van der Waals surface area contributed by atoms with Gasteiger partial charge in [-0.1, -0.05) is 62.4 Å². The van der Waals surface area contributed by atoms with Gasteiger partial charge in [-0.15, -0.1) is 0 Å². The number of hydrogen-bond donors (Lipinski definition) is 1. The van der Waals surface area contributed by atoms with Crippen molar-refractivity contribution in [1.29, 1.82) is 0 Å². The molecule has 1 N–H and O–H groups in total. The molecule has 35 heavy (non-hydrogen) atoms. The summed E-state index contributed by atoms with van der Waals surface area (Å²) >= 11 is 0. The topological polar surface area (TPSA) is 57.2 Å². The molecule has 1 saturated heterocycles. The molecule has 1 aliphatic rings. The summed E-state index contributed by atoms with van der Waals surface area (Å²) in [5, 5.41) is 4.11. The van der Waals surface area contributed by atoms with E-state index in [9.17, 15) is 4.79 Å². The van der Waals surface area contributed by atoms with Gasteiger partial charge < -0.3 is 9.64 Å². The minimum absolute atomic E-state index is 0.211. The lowest BCUT2D eigenvalue weighted by Crippen LogP contribution is -2.46. The molecule has 6 heteroatoms. The third-order valence-corrected chi connectivity index (χ3v) is 6.40. The highest BCUT2D eigenvalue weighted by molar-refractivity contribution is 5.94. The van der Waals surface area contributed by atoms with Crippen molar-refractivity contribution in [1.82, 2.24) is 10.3 Å². The molecular formula is C29H34N4O2. The number of para-hydroxylation sites is 2. The van der Waals surface area contributed by atoms with Gasteiger partial charge >= 0.3 is 0 Å². The van der Waals surface area contributed by atoms with Gasteiger partial charge in [0.2, 0.25) is 0 Å². The minimum atomic E-state index is -0.211. The van der Waals surface area contributed by atoms with Crippen LogP contribution in [0.4, 0.5) is 5.69 Å². The highest BCUT2D eigenvalue weighted by Gasteiger charge is 2.19. The zero-order valence-electron chi connectivity index (χ0n) is 20.8. The van der Waals surface area contributed by atoms with Gasteiger partial charge in [0.25, 0.3) is 5.91 Å². The number of rotatable bonds is 8. The molecule has 182 valence electrons. The molecule has 3 aromatic carbocycles. The lowest BCUT2D eigenvalue weighted by molar-refractivity contribution is 0.0955. The Morgan fingerprint density at radius 3 is 2.31 bits per heavy atom. The lowest BCUT2D eigenvalue weighted by atomic mass is 10.0. The molecule has 3 aromatic rings. The van der Waals surface area contributed by atoms with Crippen LogP contribution in [-0.2, 0) is 6.54 Å². The van der Waals surface area contributed by atoms with Crippen LogP contribution < -0.4 is 15.1 Å². The maximum Gasteiger partial charge on any atom is 0.271 e. The molecule has 0 unspecified atom stereocenters. The van der Waals surface area contributed by atoms with Crippen LogP contribution in [0.5, 0.6) is 5.75 Å². The van der Waals surface area contributed by atoms with Gasteiger partial charge in [-0.05, 0) is 46.9 Å². The average molecular weight is 471 g/mol. The van der Waals surface area contributed by atoms with Gasteiger partial charge in [-0.3, -0.25) is 9.69 Å². The van der Waals surface area contributed by atoms with Gasteiger partial charge in [0, 0.05) is 38.3 Å². The second-order valence-corrected chi connectivity index (χ2v) is 9.15. The van der Waals surface area contributed by atoms with Crippen molar-refractivity contribution < 1.29 is 9.53 Å². The smallest absolute Gasteiger partial charge is 0.271 e. The quantitative estimate of drug-likeness (QED) is 0.376. The molecule has 0 spiro atoms. The Morgan fingerprint density at radius 1 is 0.971 bits per heavy atom. The van der Waals surface area contributed by atoms with Crippen molar-refractivity contribution in [3.8, 4) is 5.75 Å². The van der Waals surface area contributed by atoms with Crippen LogP contribution in [-0.4, -0.2) is 50.3 Å². The summed E-state index contributed by atoms with van der Waals surface area (Å²) in [7, 11) is 1.72. The molecule has 0 atom stereocenters. The van der Waals surface area contributed by atoms with Crippen LogP contribution >= 0.6 is 0 Å². The lowest BCUT2D eigenvalue weighted by Gasteiger charge is -2.36. The van der Waals surface area contributed by atoms with Crippen molar-refractivity contribution in [3.63, 3.8) is 0 Å². The maximum absolute atomic E-state index is 12.5. The van der Waals surface area contributed by atoms with Gasteiger partial charge in [-0.25, -0.2) is 5.43 Å². The molecule has 0 bridgehead atoms. The number of carbonyl (C=O) groups excluding carboxylic acids is 1. The van der Waals surface area contributed by atoms with E-state index in [1.165, 1.54) is 11.1 Å². The minimum Gasteiger partial charge on any atom is -0.495 e. The third kappa shape index (κ3) is 6.49. The molecule has 0 aromatic heterocycles. The number of amides is 1. The van der Waals surface area contributed by atoms with Gasteiger partial charge in [-0.2, -0.15) is 5.10 Å². The van der Waals surface area contributed by atoms with E-state index < -0.39 is 0 Å². The van der Waals surface area contributed by atoms with Crippen LogP contribution in [0.2, 0.25) is 0 Å². The summed E-state index contributed by atoms with van der Waals surface area (Å²) in [6.45, 7) is 9.07. The number of hydrazone groups is 1. The molecule has 1 heterocycles. The molecule has 1 amide bonds. The number of piperazine rings is 1. The fraction of sp³-hybridized carbons (Fsp3) is 0.310. The molecule has 0 aliphatic carbocycles. The van der Waals surface area contributed by atoms with E-state index in [1.54, 1.807) is 13.3 Å². The van der Waals surface area contributed by atoms with Gasteiger partial charge in [0.15, 0.2) is 0 Å². The maximum atomic E-state index is 12.5. The Kier molecular flexibility index (Phi) is 8.16. The Morgan fingerprint density at radius 2 is 1.66 bits per heavy atom. The van der Waals surface area contributed by atoms with Crippen molar-refractivity contribution in [2.24, 2.45) is 5.10 Å². The van der Waals surface area contributed by atoms with E-state index in [0.717, 1.165) is 49.7 Å². The number of benzene rings is 3. The summed E-state index contributed by atoms with van der Waals surface area (Å²) in [6, 6.07) is 24.1. The second kappa shape index (κ2) is 11.7. The largest absolute Gasteiger partial charge is 0.495 e. The van der Waals surface area contributed by atoms with Crippen LogP contribution in [0.3, 0.4) is 0 Å². The number of anilines is 1. The summed E-state index contributed by atoms with van der Waals surface area (Å²) in [4.78, 5) is 17.3. The second-order valence-electron chi connectivity index (χ2n) is 9.15. The SMILES string of the molecule is COc1ccccc1N1CCN(Cc2ccc(C(=O)N/N=C/c3ccc(C(C)C)cc3)cc2)CC1. The first kappa shape index (κ1) is 24.5. The fourth-order valence-electron chi connectivity index (χ4n) is 4.25. The number of ether oxygens (including phenoxy) is 1. The zero-order valence-corrected chi connectivity index (χ0v) is 20.8. The third-order valence-electron chi connectivity index (χ3n) is 6.40. The molecule has 1 aliphatic heterocycles. The predicted octanol–water partition coefficient (Wildman–Crippen LogP) is 4.90. The number of hydrogen-bond acceptors (Lipinski definition) is 5. The van der Waals surface area contributed by atoms with Crippen molar-refractivity contribution in [2.45, 2.75) is 26.3 Å². The Bertz CT molecular complexity index is 1130. The van der Waals surface area contributed by atoms with E-state index in [0.29, 0.717) is 11.5 Å². The number of nitrogens with zero attached hydrogens (tertiary/aromatic N) is 3. The zero-order chi connectivity index (χ0) is 24.6. The van der Waals surface area contributed by atoms with E-state index in [1.807, 2.05) is 48.5 Å². The summed E-state index contributed by atoms with van der Waals surface area (Å²) in [5.74, 6) is 1.20. The Labute approximate surface area is 208 Å². The molecular weight excluding hydrogens is 436 g/mol. The Hall–Kier alpha value is -3.64. The van der Waals surface area contributed by atoms with Crippen molar-refractivity contribution >= 4 is 17.8 Å². The molecule has 6 nitrogen and oxygen atoms in total. The molecule has 4 rings (SSSR count). The standard InChI is InChI=1S/C29H34N4O2/c1-22(2)25-12-8-23(9-13-25)20-30-31-29(34)26-14-10-24(11-15-26)21-32-16-18-33(19-17-32)27-6-4-5-7-28(27)35-3/h4-15,20,22H,16-19,21H2,1-3H3,(H,31,34)/b30-20+. The fourth-order valence-corrected chi connectivity index (χ4v) is 4.25. The predicted molar refractivity (Wildman–Crippen MR) is 143 cm³/mol. The summed E-state index contributed by atoms with van der Waals surface area (Å²) in [5.41, 5.74) is 7.80. The van der Waals surface area contributed by atoms with Crippen LogP contribution in [0, 0.1) is 0 Å². The molecule has 1 fully saturated rings. The molecule has 0 saturated carbocycles. The first-order valence-corrected chi connectivity index (χ1v) is 12.2. The van der Waals surface area contributed by atoms with Crippen LogP contribution in [0.1, 0.15) is 46.8 Å². The van der Waals surface area contributed by atoms with Gasteiger partial charge in [0.05, 0.1) is 19.0 Å². The van der Waals surface area contributed by atoms with E-state index in [2.05, 4.69) is 58.4 Å². The average Bonchev–Trinajstić information content (AvgIpc) is 2.90. The number of carbonyl (C=O) groups is 1. The van der Waals surface area contributed by atoms with Crippen LogP contribution in [0.25, 0.3) is 0 Å². The first-order chi connectivity index (χ1) is 17.0. The van der Waals surface area contributed by atoms with Crippen LogP contribution in [0.15, 0.2) is 77.9 Å². The number of methoxy groups -OCH3 is 1. The first-order valence-electron chi connectivity index (χ1n) is 12.2. The summed E-state index contributed by atoms with van der Waals surface area (Å²) in [6.07, 6.45) is 1.67. The van der Waals surface area contributed by atoms with Crippen molar-refractivity contribution in [2.75, 3.05) is 38.2 Å².